The van der Waals surface area contributed by atoms with Crippen molar-refractivity contribution in [2.75, 3.05) is 13.2 Å². The zero-order chi connectivity index (χ0) is 54.9. The number of alkyl halides is 6. The van der Waals surface area contributed by atoms with Crippen LogP contribution in [0.5, 0.6) is 11.5 Å². The van der Waals surface area contributed by atoms with Gasteiger partial charge >= 0.3 is 59.6 Å². The normalized spacial score (nSPS) is 13.3. The number of fused-ring (bicyclic) bond motifs is 2. The molecule has 8 rings (SSSR count). The number of rotatable bonds is 16. The van der Waals surface area contributed by atoms with E-state index in [1.165, 1.54) is 25.0 Å². The van der Waals surface area contributed by atoms with Crippen LogP contribution in [0.15, 0.2) is 73.0 Å². The summed E-state index contributed by atoms with van der Waals surface area (Å²) in [6.45, 7) is 9.71. The molecule has 4 heterocycles. The number of hydrogen-bond acceptors (Lipinski definition) is 12. The first kappa shape index (κ1) is 60.1. The third-order valence-corrected chi connectivity index (χ3v) is 13.5. The number of tetrazole rings is 1. The molecule has 1 aliphatic heterocycles. The van der Waals surface area contributed by atoms with Crippen molar-refractivity contribution in [2.24, 2.45) is 3.34 Å². The van der Waals surface area contributed by atoms with Gasteiger partial charge in [-0.15, -0.1) is 10.2 Å². The molecule has 1 aliphatic rings. The van der Waals surface area contributed by atoms with Gasteiger partial charge in [0.15, 0.2) is 28.7 Å². The predicted octanol–water partition coefficient (Wildman–Crippen LogP) is 16.1. The summed E-state index contributed by atoms with van der Waals surface area (Å²) in [6.07, 6.45) is -3.84. The Labute approximate surface area is 444 Å². The first-order chi connectivity index (χ1) is 35.7. The third kappa shape index (κ3) is 16.6. The summed E-state index contributed by atoms with van der Waals surface area (Å²) in [7, 11) is 0. The van der Waals surface area contributed by atoms with E-state index >= 15 is 0 Å². The molecule has 1 saturated heterocycles. The summed E-state index contributed by atoms with van der Waals surface area (Å²) in [5.74, 6) is 1.11. The van der Waals surface area contributed by atoms with Gasteiger partial charge in [-0.25, -0.2) is 0 Å². The Hall–Kier alpha value is -5.79. The van der Waals surface area contributed by atoms with E-state index in [2.05, 4.69) is 60.1 Å². The van der Waals surface area contributed by atoms with Crippen LogP contribution in [0, 0.1) is 11.3 Å². The van der Waals surface area contributed by atoms with Gasteiger partial charge < -0.3 is 23.3 Å². The fourth-order valence-corrected chi connectivity index (χ4v) is 8.83. The Balaban J connectivity index is 0.000000228. The number of aromatic amines is 1. The van der Waals surface area contributed by atoms with Crippen LogP contribution in [0.25, 0.3) is 32.4 Å². The van der Waals surface area contributed by atoms with Crippen LogP contribution in [0.1, 0.15) is 129 Å². The van der Waals surface area contributed by atoms with Crippen molar-refractivity contribution >= 4 is 63.8 Å². The monoisotopic (exact) mass is 1190 g/mol. The van der Waals surface area contributed by atoms with Gasteiger partial charge in [-0.05, 0) is 86.1 Å². The number of H-pyrrole nitrogens is 1. The molecule has 2 atom stereocenters. The van der Waals surface area contributed by atoms with Crippen LogP contribution < -0.4 is 9.47 Å². The Morgan fingerprint density at radius 3 is 1.53 bits per heavy atom. The number of azide groups is 1. The van der Waals surface area contributed by atoms with Gasteiger partial charge in [-0.1, -0.05) is 116 Å². The molecule has 4 aromatic carbocycles. The number of halogens is 8. The summed E-state index contributed by atoms with van der Waals surface area (Å²) < 4.78 is 112. The quantitative estimate of drug-likeness (QED) is 0.0316. The second-order valence-electron chi connectivity index (χ2n) is 18.2. The van der Waals surface area contributed by atoms with E-state index in [1.807, 2.05) is 27.7 Å². The van der Waals surface area contributed by atoms with E-state index in [1.54, 1.807) is 48.5 Å². The van der Waals surface area contributed by atoms with Crippen molar-refractivity contribution in [2.45, 2.75) is 131 Å². The van der Waals surface area contributed by atoms with Crippen LogP contribution in [0.4, 0.5) is 26.3 Å². The van der Waals surface area contributed by atoms with Crippen molar-refractivity contribution in [3.8, 4) is 17.6 Å². The first-order valence-corrected chi connectivity index (χ1v) is 34.9. The topological polar surface area (TPSA) is 207 Å². The molecule has 0 spiro atoms. The predicted molar refractivity (Wildman–Crippen MR) is 275 cm³/mol. The van der Waals surface area contributed by atoms with Crippen molar-refractivity contribution in [3.05, 3.63) is 132 Å². The van der Waals surface area contributed by atoms with Gasteiger partial charge in [0, 0.05) is 45.5 Å². The molecule has 402 valence electrons. The minimum atomic E-state index is -4.63. The van der Waals surface area contributed by atoms with Crippen LogP contribution in [0.3, 0.4) is 0 Å². The minimum absolute atomic E-state index is 0.0480. The molecule has 3 aromatic heterocycles. The van der Waals surface area contributed by atoms with E-state index in [9.17, 15) is 31.6 Å². The Morgan fingerprint density at radius 2 is 1.19 bits per heavy atom. The number of nitrogens with zero attached hydrogens (tertiary/aromatic N) is 9. The molecule has 2 unspecified atom stereocenters. The molecule has 1 N–H and O–H groups in total. The Bertz CT molecular complexity index is 3000. The molecule has 7 aromatic rings. The van der Waals surface area contributed by atoms with Crippen LogP contribution >= 0.6 is 23.2 Å². The molecule has 24 heteroatoms. The van der Waals surface area contributed by atoms with Crippen molar-refractivity contribution < 1.29 is 49.6 Å². The summed E-state index contributed by atoms with van der Waals surface area (Å²) in [5.41, 5.74) is 9.50. The number of benzene rings is 4. The fourth-order valence-electron chi connectivity index (χ4n) is 7.81. The van der Waals surface area contributed by atoms with Gasteiger partial charge in [0.2, 0.25) is 11.9 Å². The van der Waals surface area contributed by atoms with Gasteiger partial charge in [0.25, 0.3) is 0 Å². The van der Waals surface area contributed by atoms with Crippen molar-refractivity contribution in [1.29, 1.82) is 5.26 Å². The maximum atomic E-state index is 13.5. The Kier molecular flexibility index (Phi) is 22.3. The van der Waals surface area contributed by atoms with Crippen LogP contribution in [0.2, 0.25) is 24.9 Å². The molecular weight excluding hydrogens is 1140 g/mol. The number of ether oxygens (including phenoxy) is 3. The molecular formula is C51H58Cl2F6N10O5Sn. The zero-order valence-electron chi connectivity index (χ0n) is 42.5. The van der Waals surface area contributed by atoms with Gasteiger partial charge in [0.1, 0.15) is 17.6 Å². The average molecular weight is 1190 g/mol. The van der Waals surface area contributed by atoms with Gasteiger partial charge in [0.05, 0.1) is 10.8 Å². The second-order valence-corrected chi connectivity index (χ2v) is 32.0. The molecule has 0 radical (unpaired) electrons. The number of hydrogen-bond donors (Lipinski definition) is 1. The maximum absolute atomic E-state index is 13.5. The van der Waals surface area contributed by atoms with E-state index in [0.29, 0.717) is 106 Å². The summed E-state index contributed by atoms with van der Waals surface area (Å²) >= 11 is 9.89. The molecule has 15 nitrogen and oxygen atoms in total. The van der Waals surface area contributed by atoms with E-state index in [0.717, 1.165) is 13.2 Å². The zero-order valence-corrected chi connectivity index (χ0v) is 46.9. The molecule has 0 aliphatic carbocycles. The molecule has 75 heavy (non-hydrogen) atoms. The number of nitrogens with one attached hydrogen (secondary N) is 1. The molecule has 0 bridgehead atoms. The van der Waals surface area contributed by atoms with Crippen LogP contribution in [-0.4, -0.2) is 62.8 Å². The summed E-state index contributed by atoms with van der Waals surface area (Å²) in [5, 5.41) is 31.4. The first-order valence-electron chi connectivity index (χ1n) is 24.3. The second kappa shape index (κ2) is 27.8. The standard InChI is InChI=1S/C22H21ClF3N5O2.C22H20ClF3N2O2.C4H8O.3CH3.N3.Sn/c1-3-5-13-11-16-19(33-29-20(16)22(24,25)26)15(6-4-2)17(13)32-18(21-27-30-31-28-21)12-7-9-14(23)10-8-12;1-3-5-14-11-17-20(30-28-21(17)22(24,25)26)16(6-4-2)19(14)29-18(12-27)13-7-9-15(23)10-8-13;1-2-4-5-3-1;;;;1-3-2;/h7-11,18H,3-6H2,1-2H3,(H,27,28,30,31);7-11,18H,3-6H2,1-2H3;1-4H2;3*1H3;;/q;;;;;;-1;+1. The van der Waals surface area contributed by atoms with E-state index in [-0.39, 0.29) is 27.8 Å². The number of aromatic nitrogens is 6. The SMILES string of the molecule is C1CCOC1.CCCc1cc2c(C(F)(F)F)noc2c(CCC)c1OC(C#N)c1ccc(Cl)cc1.CCCc1cc2c(C(F)(F)F)noc2c(CCC)c1OC(c1ccc(Cl)cc1)c1nn[nH]n1.[CH3][Sn]([CH3])([CH3])[N]=[N+]=[N-]. The van der Waals surface area contributed by atoms with Gasteiger partial charge in [-0.2, -0.15) is 36.8 Å². The third-order valence-electron chi connectivity index (χ3n) is 11.1. The van der Waals surface area contributed by atoms with Crippen molar-refractivity contribution in [1.82, 2.24) is 30.9 Å². The molecule has 0 amide bonds. The number of nitriles is 1. The summed E-state index contributed by atoms with van der Waals surface area (Å²) in [4.78, 5) is 8.92. The Morgan fingerprint density at radius 1 is 0.733 bits per heavy atom. The van der Waals surface area contributed by atoms with Crippen molar-refractivity contribution in [3.63, 3.8) is 0 Å². The van der Waals surface area contributed by atoms with Gasteiger partial charge in [-0.3, -0.25) is 0 Å². The van der Waals surface area contributed by atoms with E-state index in [4.69, 9.17) is 52.0 Å². The van der Waals surface area contributed by atoms with E-state index < -0.39 is 54.6 Å². The molecule has 0 saturated carbocycles. The summed E-state index contributed by atoms with van der Waals surface area (Å²) in [6, 6.07) is 18.6. The average Bonchev–Trinajstić information content (AvgIpc) is 4.22. The fraction of sp³-hybridized carbons (Fsp3) is 0.451. The molecule has 1 fully saturated rings. The number of aryl methyl sites for hydroxylation is 4. The van der Waals surface area contributed by atoms with Crippen LogP contribution in [-0.2, 0) is 42.8 Å².